The summed E-state index contributed by atoms with van der Waals surface area (Å²) in [5.41, 5.74) is 5.82. The second-order valence-electron chi connectivity index (χ2n) is 9.81. The lowest BCUT2D eigenvalue weighted by Gasteiger charge is -2.44. The number of hydrogen-bond donors (Lipinski definition) is 0. The van der Waals surface area contributed by atoms with E-state index in [0.29, 0.717) is 16.6 Å². The zero-order valence-corrected chi connectivity index (χ0v) is 22.6. The number of hydrogen-bond acceptors (Lipinski definition) is 2. The number of aromatic nitrogens is 1. The van der Waals surface area contributed by atoms with Gasteiger partial charge in [0, 0.05) is 12.4 Å². The SMILES string of the molecule is Cc1ccc(S(=O)(=O)/N=C/c2cccc(-c3ccn([Si](C(C)C)(C(C)C)C(C)C)c3)c2)cc1. The molecule has 4 nitrogen and oxygen atoms in total. The van der Waals surface area contributed by atoms with Gasteiger partial charge in [0.25, 0.3) is 10.0 Å². The first-order valence-corrected chi connectivity index (χ1v) is 15.3. The Morgan fingerprint density at radius 2 is 1.45 bits per heavy atom. The maximum Gasteiger partial charge on any atom is 0.282 e. The predicted molar refractivity (Wildman–Crippen MR) is 142 cm³/mol. The Labute approximate surface area is 200 Å². The van der Waals surface area contributed by atoms with Crippen LogP contribution in [0.25, 0.3) is 11.1 Å². The molecule has 1 heterocycles. The van der Waals surface area contributed by atoms with Gasteiger partial charge in [0.1, 0.15) is 0 Å². The maximum atomic E-state index is 12.6. The summed E-state index contributed by atoms with van der Waals surface area (Å²) >= 11 is 0. The highest BCUT2D eigenvalue weighted by Gasteiger charge is 2.44. The van der Waals surface area contributed by atoms with Gasteiger partial charge in [-0.1, -0.05) is 77.4 Å². The normalized spacial score (nSPS) is 13.0. The van der Waals surface area contributed by atoms with Crippen molar-refractivity contribution in [2.24, 2.45) is 4.40 Å². The molecule has 0 saturated heterocycles. The fourth-order valence-corrected chi connectivity index (χ4v) is 12.7. The molecule has 0 radical (unpaired) electrons. The van der Waals surface area contributed by atoms with Gasteiger partial charge in [-0.25, -0.2) is 0 Å². The van der Waals surface area contributed by atoms with Crippen LogP contribution in [0, 0.1) is 6.92 Å². The van der Waals surface area contributed by atoms with E-state index < -0.39 is 18.3 Å². The van der Waals surface area contributed by atoms with Crippen molar-refractivity contribution in [2.75, 3.05) is 0 Å². The van der Waals surface area contributed by atoms with E-state index in [0.717, 1.165) is 22.3 Å². The van der Waals surface area contributed by atoms with E-state index >= 15 is 0 Å². The number of rotatable bonds is 8. The Morgan fingerprint density at radius 1 is 0.848 bits per heavy atom. The highest BCUT2D eigenvalue weighted by molar-refractivity contribution is 7.90. The Kier molecular flexibility index (Phi) is 7.49. The van der Waals surface area contributed by atoms with Gasteiger partial charge in [-0.3, -0.25) is 0 Å². The molecule has 0 amide bonds. The van der Waals surface area contributed by atoms with Crippen LogP contribution in [-0.2, 0) is 10.0 Å². The molecule has 0 aliphatic rings. The van der Waals surface area contributed by atoms with Gasteiger partial charge in [-0.05, 0) is 70.7 Å². The van der Waals surface area contributed by atoms with Gasteiger partial charge in [0.15, 0.2) is 8.24 Å². The third-order valence-electron chi connectivity index (χ3n) is 6.79. The molecule has 0 aliphatic heterocycles. The number of aryl methyl sites for hydroxylation is 1. The van der Waals surface area contributed by atoms with Crippen molar-refractivity contribution in [2.45, 2.75) is 70.0 Å². The number of nitrogens with zero attached hydrogens (tertiary/aromatic N) is 2. The molecule has 0 unspecified atom stereocenters. The lowest BCUT2D eigenvalue weighted by Crippen LogP contribution is -2.51. The van der Waals surface area contributed by atoms with Crippen molar-refractivity contribution in [3.05, 3.63) is 78.1 Å². The summed E-state index contributed by atoms with van der Waals surface area (Å²) in [6.45, 7) is 16.1. The summed E-state index contributed by atoms with van der Waals surface area (Å²) in [7, 11) is -5.53. The average molecular weight is 481 g/mol. The molecule has 3 aromatic rings. The van der Waals surface area contributed by atoms with Crippen LogP contribution in [0.2, 0.25) is 16.6 Å². The molecule has 0 spiro atoms. The van der Waals surface area contributed by atoms with Crippen LogP contribution in [0.1, 0.15) is 52.7 Å². The summed E-state index contributed by atoms with van der Waals surface area (Å²) in [6, 6.07) is 16.8. The first-order chi connectivity index (χ1) is 15.5. The second-order valence-corrected chi connectivity index (χ2v) is 17.2. The molecule has 0 aliphatic carbocycles. The lowest BCUT2D eigenvalue weighted by atomic mass is 10.1. The van der Waals surface area contributed by atoms with Crippen molar-refractivity contribution >= 4 is 24.5 Å². The molecule has 176 valence electrons. The molecule has 33 heavy (non-hydrogen) atoms. The van der Waals surface area contributed by atoms with Crippen molar-refractivity contribution in [3.63, 3.8) is 0 Å². The Bertz CT molecular complexity index is 1200. The van der Waals surface area contributed by atoms with Gasteiger partial charge in [-0.2, -0.15) is 12.8 Å². The van der Waals surface area contributed by atoms with Crippen LogP contribution >= 0.6 is 0 Å². The molecule has 0 N–H and O–H groups in total. The summed E-state index contributed by atoms with van der Waals surface area (Å²) in [5, 5.41) is 0. The van der Waals surface area contributed by atoms with Crippen LogP contribution in [0.4, 0.5) is 0 Å². The zero-order valence-electron chi connectivity index (χ0n) is 20.8. The summed E-state index contributed by atoms with van der Waals surface area (Å²) < 4.78 is 31.6. The smallest absolute Gasteiger partial charge is 0.282 e. The molecular formula is C27H36N2O2SSi. The minimum Gasteiger partial charge on any atom is -0.379 e. The van der Waals surface area contributed by atoms with Gasteiger partial charge in [0.05, 0.1) is 4.90 Å². The van der Waals surface area contributed by atoms with E-state index in [4.69, 9.17) is 0 Å². The first-order valence-electron chi connectivity index (χ1n) is 11.6. The maximum absolute atomic E-state index is 12.6. The fraction of sp³-hybridized carbons (Fsp3) is 0.370. The van der Waals surface area contributed by atoms with E-state index in [2.05, 4.69) is 74.7 Å². The summed E-state index contributed by atoms with van der Waals surface area (Å²) in [5.74, 6) is 0. The van der Waals surface area contributed by atoms with Gasteiger partial charge < -0.3 is 4.23 Å². The minimum absolute atomic E-state index is 0.204. The van der Waals surface area contributed by atoms with Crippen molar-refractivity contribution in [3.8, 4) is 11.1 Å². The fourth-order valence-electron chi connectivity index (χ4n) is 5.40. The van der Waals surface area contributed by atoms with Crippen molar-refractivity contribution < 1.29 is 8.42 Å². The van der Waals surface area contributed by atoms with E-state index in [9.17, 15) is 8.42 Å². The summed E-state index contributed by atoms with van der Waals surface area (Å²) in [4.78, 5) is 0.204. The van der Waals surface area contributed by atoms with E-state index in [1.54, 1.807) is 24.3 Å². The first kappa shape index (κ1) is 25.2. The molecule has 0 atom stereocenters. The molecular weight excluding hydrogens is 444 g/mol. The Balaban J connectivity index is 1.93. The van der Waals surface area contributed by atoms with Crippen LogP contribution in [-0.4, -0.2) is 27.1 Å². The average Bonchev–Trinajstić information content (AvgIpc) is 3.23. The minimum atomic E-state index is -3.73. The highest BCUT2D eigenvalue weighted by atomic mass is 32.2. The zero-order chi connectivity index (χ0) is 24.4. The molecule has 0 fully saturated rings. The molecule has 3 rings (SSSR count). The van der Waals surface area contributed by atoms with Gasteiger partial charge in [-0.15, -0.1) is 0 Å². The van der Waals surface area contributed by atoms with Crippen LogP contribution in [0.5, 0.6) is 0 Å². The standard InChI is InChI=1S/C27H36N2O2SSi/c1-20(2)33(21(3)4,22(5)6)29-16-15-26(19-29)25-10-8-9-24(17-25)18-28-32(30,31)27-13-11-23(7)12-14-27/h8-22H,1-7H3/b28-18+. The molecule has 1 aromatic heterocycles. The van der Waals surface area contributed by atoms with E-state index in [1.165, 1.54) is 6.21 Å². The monoisotopic (exact) mass is 480 g/mol. The third kappa shape index (κ3) is 5.07. The largest absolute Gasteiger partial charge is 0.379 e. The second kappa shape index (κ2) is 9.81. The summed E-state index contributed by atoms with van der Waals surface area (Å²) in [6.07, 6.45) is 5.96. The van der Waals surface area contributed by atoms with Crippen LogP contribution in [0.15, 0.2) is 76.3 Å². The predicted octanol–water partition coefficient (Wildman–Crippen LogP) is 7.29. The van der Waals surface area contributed by atoms with Crippen molar-refractivity contribution in [1.82, 2.24) is 4.23 Å². The topological polar surface area (TPSA) is 51.4 Å². The van der Waals surface area contributed by atoms with Gasteiger partial charge in [0.2, 0.25) is 0 Å². The Morgan fingerprint density at radius 3 is 2.03 bits per heavy atom. The molecule has 0 saturated carbocycles. The van der Waals surface area contributed by atoms with Crippen molar-refractivity contribution in [1.29, 1.82) is 0 Å². The van der Waals surface area contributed by atoms with Gasteiger partial charge >= 0.3 is 0 Å². The molecule has 2 aromatic carbocycles. The van der Waals surface area contributed by atoms with Crippen LogP contribution < -0.4 is 0 Å². The number of sulfonamides is 1. The lowest BCUT2D eigenvalue weighted by molar-refractivity contribution is 0.598. The highest BCUT2D eigenvalue weighted by Crippen LogP contribution is 2.43. The number of benzene rings is 2. The Hall–Kier alpha value is -2.44. The van der Waals surface area contributed by atoms with E-state index in [-0.39, 0.29) is 4.90 Å². The molecule has 0 bridgehead atoms. The molecule has 6 heteroatoms. The van der Waals surface area contributed by atoms with Crippen LogP contribution in [0.3, 0.4) is 0 Å². The quantitative estimate of drug-likeness (QED) is 0.251. The third-order valence-corrected chi connectivity index (χ3v) is 14.8. The van der Waals surface area contributed by atoms with E-state index in [1.807, 2.05) is 25.1 Å².